The van der Waals surface area contributed by atoms with E-state index in [4.69, 9.17) is 4.42 Å². The van der Waals surface area contributed by atoms with E-state index in [1.807, 2.05) is 0 Å². The topological polar surface area (TPSA) is 21.3 Å². The van der Waals surface area contributed by atoms with Crippen LogP contribution in [0.3, 0.4) is 0 Å². The third-order valence-electron chi connectivity index (χ3n) is 11.0. The van der Waals surface area contributed by atoms with Crippen LogP contribution in [-0.2, 0) is 0 Å². The average Bonchev–Trinajstić information content (AvgIpc) is 3.81. The molecule has 0 aliphatic heterocycles. The van der Waals surface area contributed by atoms with Crippen LogP contribution in [0.15, 0.2) is 211 Å². The molecule has 0 unspecified atom stereocenters. The van der Waals surface area contributed by atoms with Crippen molar-refractivity contribution in [1.82, 2.24) is 4.57 Å². The van der Waals surface area contributed by atoms with E-state index < -0.39 is 0 Å². The number of nitrogens with zero attached hydrogens (tertiary/aromatic N) is 2. The first-order valence-electron chi connectivity index (χ1n) is 18.8. The molecule has 0 saturated carbocycles. The number of anilines is 3. The largest absolute Gasteiger partial charge is 0.455 e. The van der Waals surface area contributed by atoms with Gasteiger partial charge in [0.1, 0.15) is 11.2 Å². The molecule has 0 aliphatic rings. The van der Waals surface area contributed by atoms with Gasteiger partial charge in [0, 0.05) is 49.6 Å². The fourth-order valence-corrected chi connectivity index (χ4v) is 8.42. The van der Waals surface area contributed by atoms with Gasteiger partial charge in [0.15, 0.2) is 0 Å². The highest BCUT2D eigenvalue weighted by molar-refractivity contribution is 6.16. The summed E-state index contributed by atoms with van der Waals surface area (Å²) in [6.45, 7) is 0. The van der Waals surface area contributed by atoms with Gasteiger partial charge in [0.05, 0.1) is 16.7 Å². The molecule has 11 aromatic rings. The summed E-state index contributed by atoms with van der Waals surface area (Å²) in [5.41, 5.74) is 13.3. The number of hydrogen-bond acceptors (Lipinski definition) is 2. The molecule has 0 N–H and O–H groups in total. The van der Waals surface area contributed by atoms with Gasteiger partial charge in [0.25, 0.3) is 0 Å². The van der Waals surface area contributed by atoms with Crippen molar-refractivity contribution in [3.63, 3.8) is 0 Å². The van der Waals surface area contributed by atoms with Gasteiger partial charge in [0.2, 0.25) is 0 Å². The molecule has 0 aliphatic carbocycles. The highest BCUT2D eigenvalue weighted by Gasteiger charge is 2.20. The first-order valence-corrected chi connectivity index (χ1v) is 18.8. The Hall–Kier alpha value is -7.36. The summed E-state index contributed by atoms with van der Waals surface area (Å²) in [6, 6.07) is 73.9. The number of hydrogen-bond donors (Lipinski definition) is 0. The predicted molar refractivity (Wildman–Crippen MR) is 231 cm³/mol. The molecule has 2 aromatic heterocycles. The van der Waals surface area contributed by atoms with Crippen LogP contribution < -0.4 is 4.90 Å². The number of aromatic nitrogens is 1. The normalized spacial score (nSPS) is 11.6. The highest BCUT2D eigenvalue weighted by Crippen LogP contribution is 2.44. The Balaban J connectivity index is 1.05. The summed E-state index contributed by atoms with van der Waals surface area (Å²) >= 11 is 0. The van der Waals surface area contributed by atoms with Crippen LogP contribution in [0, 0.1) is 0 Å². The number of furan rings is 1. The molecule has 0 radical (unpaired) electrons. The number of rotatable bonds is 6. The maximum absolute atomic E-state index is 6.53. The second kappa shape index (κ2) is 12.6. The van der Waals surface area contributed by atoms with Crippen molar-refractivity contribution in [1.29, 1.82) is 0 Å². The summed E-state index contributed by atoms with van der Waals surface area (Å²) in [6.07, 6.45) is 0. The first kappa shape index (κ1) is 31.2. The predicted octanol–water partition coefficient (Wildman–Crippen LogP) is 14.6. The maximum atomic E-state index is 6.53. The van der Waals surface area contributed by atoms with E-state index in [1.54, 1.807) is 0 Å². The molecular formula is C52H34N2O. The van der Waals surface area contributed by atoms with E-state index in [0.29, 0.717) is 0 Å². The van der Waals surface area contributed by atoms with Gasteiger partial charge in [-0.2, -0.15) is 0 Å². The van der Waals surface area contributed by atoms with Crippen LogP contribution in [-0.4, -0.2) is 4.57 Å². The number of fused-ring (bicyclic) bond motifs is 8. The van der Waals surface area contributed by atoms with Crippen molar-refractivity contribution in [3.05, 3.63) is 206 Å². The Bertz CT molecular complexity index is 3150. The SMILES string of the molecule is c1ccc(-c2ccccc2N(c2ccc(-c3cccc(-n4c5ccccc5c5ccccc54)c3)cc2)c2ccc3oc4c5ccccc5ccc4c3c2)cc1. The Morgan fingerprint density at radius 3 is 1.84 bits per heavy atom. The molecule has 0 saturated heterocycles. The molecule has 3 nitrogen and oxygen atoms in total. The van der Waals surface area contributed by atoms with Gasteiger partial charge >= 0.3 is 0 Å². The molecule has 55 heavy (non-hydrogen) atoms. The van der Waals surface area contributed by atoms with Crippen molar-refractivity contribution in [2.24, 2.45) is 0 Å². The van der Waals surface area contributed by atoms with Crippen molar-refractivity contribution in [3.8, 4) is 27.9 Å². The standard InChI is InChI=1S/C52H34N2O/c1-2-13-36(14-3-1)42-18-6-9-22-48(42)53(41-30-32-51-47(34-41)46-31-27-37-15-4-5-19-43(37)52(46)55-51)39-28-25-35(26-29-39)38-16-12-17-40(33-38)54-49-23-10-7-20-44(49)45-21-8-11-24-50(45)54/h1-34H. The quantitative estimate of drug-likeness (QED) is 0.172. The lowest BCUT2D eigenvalue weighted by molar-refractivity contribution is 0.672. The molecule has 0 bridgehead atoms. The van der Waals surface area contributed by atoms with Crippen molar-refractivity contribution < 1.29 is 4.42 Å². The lowest BCUT2D eigenvalue weighted by atomic mass is 10.0. The van der Waals surface area contributed by atoms with Crippen LogP contribution in [0.5, 0.6) is 0 Å². The van der Waals surface area contributed by atoms with Crippen LogP contribution in [0.1, 0.15) is 0 Å². The van der Waals surface area contributed by atoms with E-state index in [1.165, 1.54) is 38.3 Å². The Morgan fingerprint density at radius 2 is 1.04 bits per heavy atom. The fraction of sp³-hybridized carbons (Fsp3) is 0. The van der Waals surface area contributed by atoms with Gasteiger partial charge in [-0.15, -0.1) is 0 Å². The zero-order chi connectivity index (χ0) is 36.3. The van der Waals surface area contributed by atoms with Gasteiger partial charge < -0.3 is 13.9 Å². The zero-order valence-electron chi connectivity index (χ0n) is 29.9. The molecular weight excluding hydrogens is 669 g/mol. The van der Waals surface area contributed by atoms with E-state index in [0.717, 1.165) is 61.2 Å². The van der Waals surface area contributed by atoms with Crippen LogP contribution >= 0.6 is 0 Å². The summed E-state index contributed by atoms with van der Waals surface area (Å²) in [7, 11) is 0. The Kier molecular flexibility index (Phi) is 7.17. The van der Waals surface area contributed by atoms with Gasteiger partial charge in [-0.25, -0.2) is 0 Å². The molecule has 0 atom stereocenters. The average molecular weight is 703 g/mol. The van der Waals surface area contributed by atoms with Crippen molar-refractivity contribution in [2.75, 3.05) is 4.90 Å². The van der Waals surface area contributed by atoms with Crippen LogP contribution in [0.2, 0.25) is 0 Å². The smallest absolute Gasteiger partial charge is 0.143 e. The van der Waals surface area contributed by atoms with Crippen molar-refractivity contribution >= 4 is 71.6 Å². The van der Waals surface area contributed by atoms with Crippen LogP contribution in [0.25, 0.3) is 82.5 Å². The minimum Gasteiger partial charge on any atom is -0.455 e. The molecule has 11 rings (SSSR count). The monoisotopic (exact) mass is 702 g/mol. The molecule has 0 fully saturated rings. The molecule has 258 valence electrons. The summed E-state index contributed by atoms with van der Waals surface area (Å²) in [5, 5.41) is 7.04. The third kappa shape index (κ3) is 5.13. The zero-order valence-corrected chi connectivity index (χ0v) is 29.9. The summed E-state index contributed by atoms with van der Waals surface area (Å²) < 4.78 is 8.91. The van der Waals surface area contributed by atoms with E-state index in [-0.39, 0.29) is 0 Å². The van der Waals surface area contributed by atoms with Gasteiger partial charge in [-0.05, 0) is 88.8 Å². The lowest BCUT2D eigenvalue weighted by Gasteiger charge is -2.28. The van der Waals surface area contributed by atoms with E-state index >= 15 is 0 Å². The molecule has 9 aromatic carbocycles. The minimum atomic E-state index is 0.880. The molecule has 0 spiro atoms. The van der Waals surface area contributed by atoms with Gasteiger partial charge in [-0.3, -0.25) is 0 Å². The lowest BCUT2D eigenvalue weighted by Crippen LogP contribution is -2.11. The second-order valence-electron chi connectivity index (χ2n) is 14.1. The molecule has 2 heterocycles. The van der Waals surface area contributed by atoms with Crippen LogP contribution in [0.4, 0.5) is 17.1 Å². The Morgan fingerprint density at radius 1 is 0.382 bits per heavy atom. The summed E-state index contributed by atoms with van der Waals surface area (Å²) in [5.74, 6) is 0. The fourth-order valence-electron chi connectivity index (χ4n) is 8.42. The second-order valence-corrected chi connectivity index (χ2v) is 14.1. The summed E-state index contributed by atoms with van der Waals surface area (Å²) in [4.78, 5) is 2.37. The minimum absolute atomic E-state index is 0.880. The number of para-hydroxylation sites is 3. The molecule has 3 heteroatoms. The van der Waals surface area contributed by atoms with E-state index in [9.17, 15) is 0 Å². The number of benzene rings is 9. The highest BCUT2D eigenvalue weighted by atomic mass is 16.3. The van der Waals surface area contributed by atoms with E-state index in [2.05, 4.69) is 216 Å². The van der Waals surface area contributed by atoms with Gasteiger partial charge in [-0.1, -0.05) is 140 Å². The third-order valence-corrected chi connectivity index (χ3v) is 11.0. The van der Waals surface area contributed by atoms with Crippen molar-refractivity contribution in [2.45, 2.75) is 0 Å². The first-order chi connectivity index (χ1) is 27.3. The molecule has 0 amide bonds. The Labute approximate surface area is 318 Å². The maximum Gasteiger partial charge on any atom is 0.143 e.